The molecule has 1 aromatic carbocycles. The molecule has 0 radical (unpaired) electrons. The Morgan fingerprint density at radius 1 is 1.50 bits per heavy atom. The second-order valence-electron chi connectivity index (χ2n) is 4.58. The Hall–Kier alpha value is -1.62. The minimum Gasteiger partial charge on any atom is -0.396 e. The quantitative estimate of drug-likeness (QED) is 0.789. The summed E-state index contributed by atoms with van der Waals surface area (Å²) >= 11 is 0. The minimum absolute atomic E-state index is 0.135. The number of amides is 1. The van der Waals surface area contributed by atoms with Crippen LogP contribution in [0.4, 0.5) is 10.1 Å². The van der Waals surface area contributed by atoms with E-state index in [1.165, 1.54) is 18.2 Å². The number of anilines is 1. The van der Waals surface area contributed by atoms with Crippen molar-refractivity contribution < 1.29 is 13.9 Å². The van der Waals surface area contributed by atoms with Crippen LogP contribution in [0.5, 0.6) is 0 Å². The number of hydrogen-bond donors (Lipinski definition) is 2. The summed E-state index contributed by atoms with van der Waals surface area (Å²) in [5.41, 5.74) is 5.05. The van der Waals surface area contributed by atoms with Crippen LogP contribution in [0, 0.1) is 5.82 Å². The van der Waals surface area contributed by atoms with Crippen molar-refractivity contribution in [2.45, 2.75) is 26.4 Å². The van der Waals surface area contributed by atoms with Gasteiger partial charge in [-0.15, -0.1) is 0 Å². The van der Waals surface area contributed by atoms with Gasteiger partial charge in [-0.3, -0.25) is 4.79 Å². The molecule has 0 spiro atoms. The summed E-state index contributed by atoms with van der Waals surface area (Å²) in [5, 5.41) is 2.68. The lowest BCUT2D eigenvalue weighted by molar-refractivity contribution is -0.00815. The van der Waals surface area contributed by atoms with Gasteiger partial charge in [-0.25, -0.2) is 4.39 Å². The SMILES string of the molecule is CCOC(C)(C)CNC(=O)c1cccc(F)c1N. The number of hydrogen-bond acceptors (Lipinski definition) is 3. The maximum Gasteiger partial charge on any atom is 0.253 e. The molecule has 0 aromatic heterocycles. The molecule has 0 fully saturated rings. The van der Waals surface area contributed by atoms with E-state index >= 15 is 0 Å². The van der Waals surface area contributed by atoms with Gasteiger partial charge < -0.3 is 15.8 Å². The number of nitrogens with one attached hydrogen (secondary N) is 1. The van der Waals surface area contributed by atoms with Crippen LogP contribution >= 0.6 is 0 Å². The summed E-state index contributed by atoms with van der Waals surface area (Å²) in [4.78, 5) is 11.9. The van der Waals surface area contributed by atoms with Crippen LogP contribution in [-0.4, -0.2) is 24.7 Å². The highest BCUT2D eigenvalue weighted by molar-refractivity contribution is 5.99. The van der Waals surface area contributed by atoms with Crippen LogP contribution in [0.1, 0.15) is 31.1 Å². The van der Waals surface area contributed by atoms with Crippen molar-refractivity contribution in [2.75, 3.05) is 18.9 Å². The number of carbonyl (C=O) groups is 1. The summed E-state index contributed by atoms with van der Waals surface area (Å²) in [6, 6.07) is 4.16. The topological polar surface area (TPSA) is 64.3 Å². The Balaban J connectivity index is 2.69. The van der Waals surface area contributed by atoms with Crippen molar-refractivity contribution in [2.24, 2.45) is 0 Å². The molecule has 3 N–H and O–H groups in total. The first kappa shape index (κ1) is 14.4. The molecule has 0 heterocycles. The van der Waals surface area contributed by atoms with Crippen molar-refractivity contribution in [3.63, 3.8) is 0 Å². The number of para-hydroxylation sites is 1. The van der Waals surface area contributed by atoms with Crippen LogP contribution in [0.2, 0.25) is 0 Å². The van der Waals surface area contributed by atoms with E-state index in [4.69, 9.17) is 10.5 Å². The van der Waals surface area contributed by atoms with E-state index in [0.29, 0.717) is 13.2 Å². The molecule has 1 rings (SSSR count). The Bertz CT molecular complexity index is 433. The van der Waals surface area contributed by atoms with Gasteiger partial charge in [0, 0.05) is 13.2 Å². The van der Waals surface area contributed by atoms with Gasteiger partial charge in [-0.1, -0.05) is 6.07 Å². The lowest BCUT2D eigenvalue weighted by Crippen LogP contribution is -2.40. The Labute approximate surface area is 106 Å². The second kappa shape index (κ2) is 5.82. The molecule has 1 amide bonds. The maximum absolute atomic E-state index is 13.2. The molecule has 0 atom stereocenters. The number of halogens is 1. The summed E-state index contributed by atoms with van der Waals surface area (Å²) in [6.45, 7) is 6.51. The van der Waals surface area contributed by atoms with Crippen LogP contribution < -0.4 is 11.1 Å². The molecule has 0 aliphatic carbocycles. The van der Waals surface area contributed by atoms with Gasteiger partial charge >= 0.3 is 0 Å². The number of ether oxygens (including phenoxy) is 1. The maximum atomic E-state index is 13.2. The Kier molecular flexibility index (Phi) is 4.67. The Morgan fingerprint density at radius 2 is 2.17 bits per heavy atom. The van der Waals surface area contributed by atoms with Gasteiger partial charge in [-0.05, 0) is 32.9 Å². The van der Waals surface area contributed by atoms with E-state index in [2.05, 4.69) is 5.32 Å². The predicted octanol–water partition coefficient (Wildman–Crippen LogP) is 1.95. The highest BCUT2D eigenvalue weighted by Gasteiger charge is 2.20. The summed E-state index contributed by atoms with van der Waals surface area (Å²) in [6.07, 6.45) is 0. The molecule has 18 heavy (non-hydrogen) atoms. The first-order chi connectivity index (χ1) is 8.37. The zero-order valence-electron chi connectivity index (χ0n) is 10.9. The summed E-state index contributed by atoms with van der Waals surface area (Å²) in [7, 11) is 0. The van der Waals surface area contributed by atoms with E-state index in [0.717, 1.165) is 0 Å². The van der Waals surface area contributed by atoms with Gasteiger partial charge in [0.05, 0.1) is 16.9 Å². The fourth-order valence-electron chi connectivity index (χ4n) is 1.57. The number of carbonyl (C=O) groups excluding carboxylic acids is 1. The van der Waals surface area contributed by atoms with Crippen LogP contribution in [0.15, 0.2) is 18.2 Å². The molecule has 0 aliphatic rings. The van der Waals surface area contributed by atoms with Crippen molar-refractivity contribution in [3.05, 3.63) is 29.6 Å². The van der Waals surface area contributed by atoms with Gasteiger partial charge in [0.1, 0.15) is 5.82 Å². The van der Waals surface area contributed by atoms with E-state index < -0.39 is 17.3 Å². The predicted molar refractivity (Wildman–Crippen MR) is 68.9 cm³/mol. The lowest BCUT2D eigenvalue weighted by Gasteiger charge is -2.25. The third kappa shape index (κ3) is 3.70. The van der Waals surface area contributed by atoms with Crippen molar-refractivity contribution >= 4 is 11.6 Å². The van der Waals surface area contributed by atoms with Gasteiger partial charge in [0.25, 0.3) is 5.91 Å². The van der Waals surface area contributed by atoms with E-state index in [1.54, 1.807) is 0 Å². The molecule has 0 aliphatic heterocycles. The smallest absolute Gasteiger partial charge is 0.253 e. The van der Waals surface area contributed by atoms with Gasteiger partial charge in [0.2, 0.25) is 0 Å². The average molecular weight is 254 g/mol. The van der Waals surface area contributed by atoms with E-state index in [9.17, 15) is 9.18 Å². The highest BCUT2D eigenvalue weighted by atomic mass is 19.1. The summed E-state index contributed by atoms with van der Waals surface area (Å²) < 4.78 is 18.7. The first-order valence-electron chi connectivity index (χ1n) is 5.83. The highest BCUT2D eigenvalue weighted by Crippen LogP contribution is 2.16. The van der Waals surface area contributed by atoms with Crippen molar-refractivity contribution in [1.82, 2.24) is 5.32 Å². The molecule has 4 nitrogen and oxygen atoms in total. The zero-order valence-corrected chi connectivity index (χ0v) is 10.9. The molecular weight excluding hydrogens is 235 g/mol. The standard InChI is InChI=1S/C13H19FN2O2/c1-4-18-13(2,3)8-16-12(17)9-6-5-7-10(14)11(9)15/h5-7H,4,8,15H2,1-3H3,(H,16,17). The molecule has 0 saturated carbocycles. The van der Waals surface area contributed by atoms with E-state index in [1.807, 2.05) is 20.8 Å². The normalized spacial score (nSPS) is 11.3. The van der Waals surface area contributed by atoms with Crippen LogP contribution in [0.25, 0.3) is 0 Å². The summed E-state index contributed by atoms with van der Waals surface area (Å²) in [5.74, 6) is -0.994. The molecular formula is C13H19FN2O2. The third-order valence-electron chi connectivity index (χ3n) is 2.51. The average Bonchev–Trinajstić information content (AvgIpc) is 2.30. The Morgan fingerprint density at radius 3 is 2.78 bits per heavy atom. The van der Waals surface area contributed by atoms with Gasteiger partial charge in [0.15, 0.2) is 0 Å². The van der Waals surface area contributed by atoms with Crippen LogP contribution in [-0.2, 0) is 4.74 Å². The van der Waals surface area contributed by atoms with Crippen molar-refractivity contribution in [1.29, 1.82) is 0 Å². The zero-order chi connectivity index (χ0) is 13.8. The molecule has 0 bridgehead atoms. The molecule has 100 valence electrons. The number of nitrogen functional groups attached to an aromatic ring is 1. The number of rotatable bonds is 5. The fraction of sp³-hybridized carbons (Fsp3) is 0.462. The molecule has 0 saturated heterocycles. The molecule has 0 unspecified atom stereocenters. The van der Waals surface area contributed by atoms with Crippen molar-refractivity contribution in [3.8, 4) is 0 Å². The number of nitrogens with two attached hydrogens (primary N) is 1. The monoisotopic (exact) mass is 254 g/mol. The molecule has 1 aromatic rings. The largest absolute Gasteiger partial charge is 0.396 e. The second-order valence-corrected chi connectivity index (χ2v) is 4.58. The van der Waals surface area contributed by atoms with E-state index in [-0.39, 0.29) is 11.3 Å². The minimum atomic E-state index is -0.591. The number of benzene rings is 1. The first-order valence-corrected chi connectivity index (χ1v) is 5.83. The third-order valence-corrected chi connectivity index (χ3v) is 2.51. The van der Waals surface area contributed by atoms with Crippen LogP contribution in [0.3, 0.4) is 0 Å². The van der Waals surface area contributed by atoms with Gasteiger partial charge in [-0.2, -0.15) is 0 Å². The lowest BCUT2D eigenvalue weighted by atomic mass is 10.1. The fourth-order valence-corrected chi connectivity index (χ4v) is 1.57. The molecule has 5 heteroatoms.